The Hall–Kier alpha value is -1.53. The van der Waals surface area contributed by atoms with E-state index >= 15 is 0 Å². The third kappa shape index (κ3) is 2.83. The Bertz CT molecular complexity index is 470. The third-order valence-electron chi connectivity index (χ3n) is 3.56. The van der Waals surface area contributed by atoms with Crippen molar-refractivity contribution in [3.63, 3.8) is 0 Å². The molecule has 3 heteroatoms. The Morgan fingerprint density at radius 2 is 2.22 bits per heavy atom. The first-order valence-corrected chi connectivity index (χ1v) is 6.35. The fourth-order valence-corrected chi connectivity index (χ4v) is 2.06. The Kier molecular flexibility index (Phi) is 3.58. The van der Waals surface area contributed by atoms with Crippen LogP contribution < -0.4 is 4.74 Å². The lowest BCUT2D eigenvalue weighted by Gasteiger charge is -2.17. The van der Waals surface area contributed by atoms with Gasteiger partial charge in [-0.3, -0.25) is 0 Å². The predicted molar refractivity (Wildman–Crippen MR) is 69.2 cm³/mol. The van der Waals surface area contributed by atoms with Crippen LogP contribution in [0.4, 0.5) is 0 Å². The van der Waals surface area contributed by atoms with Gasteiger partial charge in [0, 0.05) is 17.4 Å². The van der Waals surface area contributed by atoms with Crippen LogP contribution >= 0.6 is 0 Å². The van der Waals surface area contributed by atoms with Gasteiger partial charge in [-0.05, 0) is 38.3 Å². The molecular weight excluding hydrogens is 226 g/mol. The van der Waals surface area contributed by atoms with Gasteiger partial charge in [0.15, 0.2) is 0 Å². The number of aliphatic hydroxyl groups excluding tert-OH is 1. The number of benzene rings is 1. The summed E-state index contributed by atoms with van der Waals surface area (Å²) in [6, 6.07) is 8.05. The van der Waals surface area contributed by atoms with Crippen LogP contribution in [0.5, 0.6) is 5.75 Å². The summed E-state index contributed by atoms with van der Waals surface area (Å²) in [4.78, 5) is 0. The molecule has 0 heterocycles. The van der Waals surface area contributed by atoms with E-state index in [0.29, 0.717) is 13.0 Å². The fraction of sp³-hybridized carbons (Fsp3) is 0.533. The van der Waals surface area contributed by atoms with Gasteiger partial charge in [-0.2, -0.15) is 5.26 Å². The lowest BCUT2D eigenvalue weighted by atomic mass is 10.0. The van der Waals surface area contributed by atoms with E-state index < -0.39 is 6.10 Å². The van der Waals surface area contributed by atoms with Crippen LogP contribution in [0, 0.1) is 23.7 Å². The van der Waals surface area contributed by atoms with Gasteiger partial charge in [-0.15, -0.1) is 0 Å². The molecule has 0 unspecified atom stereocenters. The number of ether oxygens (including phenoxy) is 1. The van der Waals surface area contributed by atoms with Crippen molar-refractivity contribution in [3.05, 3.63) is 29.3 Å². The molecule has 1 N–H and O–H groups in total. The van der Waals surface area contributed by atoms with Crippen molar-refractivity contribution < 1.29 is 9.84 Å². The predicted octanol–water partition coefficient (Wildman–Crippen LogP) is 3.12. The van der Waals surface area contributed by atoms with Crippen molar-refractivity contribution in [2.45, 2.75) is 39.2 Å². The van der Waals surface area contributed by atoms with Crippen LogP contribution in [-0.4, -0.2) is 11.7 Å². The van der Waals surface area contributed by atoms with Gasteiger partial charge < -0.3 is 9.84 Å². The molecule has 0 bridgehead atoms. The lowest BCUT2D eigenvalue weighted by Crippen LogP contribution is -2.13. The molecular formula is C15H19NO2. The van der Waals surface area contributed by atoms with Crippen molar-refractivity contribution in [2.75, 3.05) is 6.61 Å². The number of aryl methyl sites for hydroxylation is 1. The SMILES string of the molecule is Cc1ccc([C@@H](C)O)c(OCC2(CC#N)CC2)c1. The highest BCUT2D eigenvalue weighted by atomic mass is 16.5. The second-order valence-corrected chi connectivity index (χ2v) is 5.34. The van der Waals surface area contributed by atoms with E-state index in [4.69, 9.17) is 10.00 Å². The van der Waals surface area contributed by atoms with E-state index in [0.717, 1.165) is 29.7 Å². The monoisotopic (exact) mass is 245 g/mol. The molecule has 18 heavy (non-hydrogen) atoms. The van der Waals surface area contributed by atoms with E-state index in [9.17, 15) is 5.11 Å². The summed E-state index contributed by atoms with van der Waals surface area (Å²) < 4.78 is 5.85. The summed E-state index contributed by atoms with van der Waals surface area (Å²) in [5, 5.41) is 18.5. The highest BCUT2D eigenvalue weighted by molar-refractivity contribution is 5.38. The molecule has 1 aliphatic carbocycles. The maximum absolute atomic E-state index is 9.71. The summed E-state index contributed by atoms with van der Waals surface area (Å²) >= 11 is 0. The highest BCUT2D eigenvalue weighted by Gasteiger charge is 2.43. The van der Waals surface area contributed by atoms with Crippen LogP contribution in [0.1, 0.15) is 43.4 Å². The molecule has 0 aromatic heterocycles. The first kappa shape index (κ1) is 12.9. The van der Waals surface area contributed by atoms with Crippen LogP contribution in [0.3, 0.4) is 0 Å². The highest BCUT2D eigenvalue weighted by Crippen LogP contribution is 2.49. The zero-order chi connectivity index (χ0) is 13.2. The largest absolute Gasteiger partial charge is 0.493 e. The molecule has 1 atom stereocenters. The molecule has 3 nitrogen and oxygen atoms in total. The van der Waals surface area contributed by atoms with Crippen molar-refractivity contribution in [1.29, 1.82) is 5.26 Å². The van der Waals surface area contributed by atoms with Gasteiger partial charge in [0.2, 0.25) is 0 Å². The molecule has 1 aromatic carbocycles. The van der Waals surface area contributed by atoms with E-state index in [1.165, 1.54) is 0 Å². The molecule has 0 aliphatic heterocycles. The Morgan fingerprint density at radius 3 is 2.78 bits per heavy atom. The van der Waals surface area contributed by atoms with Crippen molar-refractivity contribution in [2.24, 2.45) is 5.41 Å². The van der Waals surface area contributed by atoms with Crippen molar-refractivity contribution in [1.82, 2.24) is 0 Å². The maximum atomic E-state index is 9.71. The van der Waals surface area contributed by atoms with Gasteiger partial charge >= 0.3 is 0 Å². The smallest absolute Gasteiger partial charge is 0.125 e. The third-order valence-corrected chi connectivity index (χ3v) is 3.56. The van der Waals surface area contributed by atoms with Crippen LogP contribution in [0.25, 0.3) is 0 Å². The van der Waals surface area contributed by atoms with E-state index in [2.05, 4.69) is 6.07 Å². The molecule has 0 amide bonds. The molecule has 1 aliphatic rings. The molecule has 1 fully saturated rings. The second-order valence-electron chi connectivity index (χ2n) is 5.34. The zero-order valence-electron chi connectivity index (χ0n) is 10.9. The summed E-state index contributed by atoms with van der Waals surface area (Å²) in [7, 11) is 0. The molecule has 0 saturated heterocycles. The minimum atomic E-state index is -0.535. The maximum Gasteiger partial charge on any atom is 0.125 e. The topological polar surface area (TPSA) is 53.2 Å². The number of nitrogens with zero attached hydrogens (tertiary/aromatic N) is 1. The minimum Gasteiger partial charge on any atom is -0.493 e. The first-order chi connectivity index (χ1) is 8.56. The number of hydrogen-bond acceptors (Lipinski definition) is 3. The number of hydrogen-bond donors (Lipinski definition) is 1. The number of nitriles is 1. The van der Waals surface area contributed by atoms with Crippen molar-refractivity contribution >= 4 is 0 Å². The number of aliphatic hydroxyl groups is 1. The van der Waals surface area contributed by atoms with Crippen LogP contribution in [0.15, 0.2) is 18.2 Å². The fourth-order valence-electron chi connectivity index (χ4n) is 2.06. The van der Waals surface area contributed by atoms with Gasteiger partial charge in [-0.25, -0.2) is 0 Å². The molecule has 0 radical (unpaired) electrons. The van der Waals surface area contributed by atoms with E-state index in [1.54, 1.807) is 6.92 Å². The number of rotatable bonds is 5. The summed E-state index contributed by atoms with van der Waals surface area (Å²) in [5.41, 5.74) is 1.99. The normalized spacial score (nSPS) is 17.9. The average molecular weight is 245 g/mol. The Labute approximate surface area is 108 Å². The second kappa shape index (κ2) is 4.99. The lowest BCUT2D eigenvalue weighted by molar-refractivity contribution is 0.183. The summed E-state index contributed by atoms with van der Waals surface area (Å²) in [5.74, 6) is 0.745. The first-order valence-electron chi connectivity index (χ1n) is 6.35. The molecule has 0 spiro atoms. The Morgan fingerprint density at radius 1 is 1.50 bits per heavy atom. The van der Waals surface area contributed by atoms with Gasteiger partial charge in [0.1, 0.15) is 5.75 Å². The Balaban J connectivity index is 2.09. The quantitative estimate of drug-likeness (QED) is 0.867. The summed E-state index contributed by atoms with van der Waals surface area (Å²) in [6.45, 7) is 4.31. The van der Waals surface area contributed by atoms with Gasteiger partial charge in [0.25, 0.3) is 0 Å². The molecule has 96 valence electrons. The summed E-state index contributed by atoms with van der Waals surface area (Å²) in [6.07, 6.45) is 2.15. The van der Waals surface area contributed by atoms with E-state index in [1.807, 2.05) is 25.1 Å². The van der Waals surface area contributed by atoms with Crippen LogP contribution in [-0.2, 0) is 0 Å². The minimum absolute atomic E-state index is 0.0639. The molecule has 2 rings (SSSR count). The van der Waals surface area contributed by atoms with Crippen LogP contribution in [0.2, 0.25) is 0 Å². The van der Waals surface area contributed by atoms with Gasteiger partial charge in [0.05, 0.1) is 18.8 Å². The standard InChI is InChI=1S/C15H19NO2/c1-11-3-4-13(12(2)17)14(9-11)18-10-15(5-6-15)7-8-16/h3-4,9,12,17H,5-7,10H2,1-2H3/t12-/m1/s1. The molecule has 1 aromatic rings. The van der Waals surface area contributed by atoms with E-state index in [-0.39, 0.29) is 5.41 Å². The van der Waals surface area contributed by atoms with Gasteiger partial charge in [-0.1, -0.05) is 12.1 Å². The average Bonchev–Trinajstić information content (AvgIpc) is 3.07. The zero-order valence-corrected chi connectivity index (χ0v) is 10.9. The van der Waals surface area contributed by atoms with Crippen molar-refractivity contribution in [3.8, 4) is 11.8 Å². The molecule has 1 saturated carbocycles.